The van der Waals surface area contributed by atoms with Crippen LogP contribution in [-0.2, 0) is 19.1 Å². The second-order valence-electron chi connectivity index (χ2n) is 6.76. The minimum absolute atomic E-state index is 0.244. The second kappa shape index (κ2) is 7.21. The number of fused-ring (bicyclic) bond motifs is 1. The summed E-state index contributed by atoms with van der Waals surface area (Å²) in [6.45, 7) is 0. The number of quaternary nitrogens is 1. The Hall–Kier alpha value is -1.57. The number of benzene rings is 1. The molecule has 2 N–H and O–H groups in total. The summed E-state index contributed by atoms with van der Waals surface area (Å²) in [5, 5.41) is 2.46. The number of likely N-dealkylation sites (tertiary alicyclic amines) is 1. The van der Waals surface area contributed by atoms with Crippen LogP contribution in [0.15, 0.2) is 24.3 Å². The standard InChI is InChI=1S/C18H21ClN2O4S/c1-21-15(22)12-13(16(21)23)18(8-9-26-3,17(24)25-2)20-14(12)10-4-6-11(19)7-5-10/h4-7,12-14,20H,8-9H2,1-3H3/p+1/t12-,13+,14-,18+/m0/s1. The van der Waals surface area contributed by atoms with Crippen molar-refractivity contribution in [2.75, 3.05) is 26.2 Å². The van der Waals surface area contributed by atoms with E-state index in [4.69, 9.17) is 16.3 Å². The maximum atomic E-state index is 12.9. The van der Waals surface area contributed by atoms with Crippen molar-refractivity contribution >= 4 is 41.1 Å². The molecule has 0 bridgehead atoms. The molecule has 0 spiro atoms. The van der Waals surface area contributed by atoms with Gasteiger partial charge in [-0.15, -0.1) is 0 Å². The molecule has 0 unspecified atom stereocenters. The molecular weight excluding hydrogens is 376 g/mol. The number of ether oxygens (including phenoxy) is 1. The molecule has 1 aromatic rings. The summed E-state index contributed by atoms with van der Waals surface area (Å²) >= 11 is 7.58. The molecule has 1 aromatic carbocycles. The molecule has 140 valence electrons. The predicted octanol–water partition coefficient (Wildman–Crippen LogP) is 0.854. The third-order valence-electron chi connectivity index (χ3n) is 5.53. The van der Waals surface area contributed by atoms with E-state index in [2.05, 4.69) is 0 Å². The van der Waals surface area contributed by atoms with Crippen LogP contribution in [0.2, 0.25) is 5.02 Å². The Morgan fingerprint density at radius 3 is 2.54 bits per heavy atom. The summed E-state index contributed by atoms with van der Waals surface area (Å²) in [5.41, 5.74) is -0.222. The lowest BCUT2D eigenvalue weighted by atomic mass is 9.78. The van der Waals surface area contributed by atoms with E-state index >= 15 is 0 Å². The van der Waals surface area contributed by atoms with Crippen molar-refractivity contribution in [1.29, 1.82) is 0 Å². The van der Waals surface area contributed by atoms with Crippen LogP contribution >= 0.6 is 23.4 Å². The monoisotopic (exact) mass is 397 g/mol. The van der Waals surface area contributed by atoms with Crippen LogP contribution in [0, 0.1) is 11.8 Å². The number of rotatable bonds is 5. The molecule has 2 amide bonds. The third-order valence-corrected chi connectivity index (χ3v) is 6.39. The zero-order valence-electron chi connectivity index (χ0n) is 14.9. The number of amides is 2. The third kappa shape index (κ3) is 2.82. The van der Waals surface area contributed by atoms with E-state index in [9.17, 15) is 14.4 Å². The first-order valence-corrected chi connectivity index (χ1v) is 10.1. The van der Waals surface area contributed by atoms with Gasteiger partial charge in [0.2, 0.25) is 17.4 Å². The van der Waals surface area contributed by atoms with Crippen molar-refractivity contribution in [1.82, 2.24) is 4.90 Å². The number of halogens is 1. The fourth-order valence-electron chi connectivity index (χ4n) is 4.25. The number of esters is 1. The molecule has 2 aliphatic rings. The lowest BCUT2D eigenvalue weighted by Gasteiger charge is -2.28. The first kappa shape index (κ1) is 19.2. The van der Waals surface area contributed by atoms with E-state index in [-0.39, 0.29) is 17.9 Å². The van der Waals surface area contributed by atoms with Crippen molar-refractivity contribution in [3.63, 3.8) is 0 Å². The van der Waals surface area contributed by atoms with Crippen molar-refractivity contribution in [2.24, 2.45) is 11.8 Å². The summed E-state index contributed by atoms with van der Waals surface area (Å²) < 4.78 is 5.08. The topological polar surface area (TPSA) is 80.3 Å². The zero-order valence-corrected chi connectivity index (χ0v) is 16.5. The molecule has 2 heterocycles. The van der Waals surface area contributed by atoms with Crippen LogP contribution in [-0.4, -0.2) is 54.4 Å². The Balaban J connectivity index is 2.11. The van der Waals surface area contributed by atoms with Gasteiger partial charge in [-0.3, -0.25) is 14.5 Å². The lowest BCUT2D eigenvalue weighted by molar-refractivity contribution is -0.734. The number of thioether (sulfide) groups is 1. The molecule has 8 heteroatoms. The molecule has 0 saturated carbocycles. The Morgan fingerprint density at radius 1 is 1.31 bits per heavy atom. The fourth-order valence-corrected chi connectivity index (χ4v) is 4.92. The van der Waals surface area contributed by atoms with Gasteiger partial charge in [0.1, 0.15) is 17.9 Å². The number of nitrogens with two attached hydrogens (primary N) is 1. The fraction of sp³-hybridized carbons (Fsp3) is 0.500. The molecule has 2 aliphatic heterocycles. The summed E-state index contributed by atoms with van der Waals surface area (Å²) in [6.07, 6.45) is 2.40. The highest BCUT2D eigenvalue weighted by molar-refractivity contribution is 7.98. The Morgan fingerprint density at radius 2 is 1.96 bits per heavy atom. The Labute approximate surface area is 161 Å². The number of carbonyl (C=O) groups is 3. The lowest BCUT2D eigenvalue weighted by Crippen LogP contribution is -2.98. The molecule has 3 rings (SSSR count). The van der Waals surface area contributed by atoms with Crippen LogP contribution in [0.5, 0.6) is 0 Å². The molecule has 26 heavy (non-hydrogen) atoms. The highest BCUT2D eigenvalue weighted by Crippen LogP contribution is 2.45. The van der Waals surface area contributed by atoms with E-state index in [0.717, 1.165) is 10.5 Å². The predicted molar refractivity (Wildman–Crippen MR) is 98.6 cm³/mol. The minimum Gasteiger partial charge on any atom is -0.464 e. The van der Waals surface area contributed by atoms with Gasteiger partial charge in [0.05, 0.1) is 7.11 Å². The molecule has 6 nitrogen and oxygen atoms in total. The molecule has 2 fully saturated rings. The summed E-state index contributed by atoms with van der Waals surface area (Å²) in [5.74, 6) is -1.62. The number of methoxy groups -OCH3 is 1. The molecule has 4 atom stereocenters. The molecule has 0 radical (unpaired) electrons. The van der Waals surface area contributed by atoms with Gasteiger partial charge >= 0.3 is 5.97 Å². The summed E-state index contributed by atoms with van der Waals surface area (Å²) in [4.78, 5) is 39.7. The van der Waals surface area contributed by atoms with Crippen LogP contribution in [0.1, 0.15) is 18.0 Å². The number of imide groups is 1. The van der Waals surface area contributed by atoms with E-state index in [1.807, 2.05) is 23.7 Å². The Kier molecular flexibility index (Phi) is 5.33. The molecular formula is C18H22ClN2O4S+. The van der Waals surface area contributed by atoms with Gasteiger partial charge in [0, 0.05) is 24.1 Å². The van der Waals surface area contributed by atoms with Gasteiger partial charge in [0.15, 0.2) is 0 Å². The average molecular weight is 398 g/mol. The van der Waals surface area contributed by atoms with Crippen molar-refractivity contribution < 1.29 is 24.4 Å². The van der Waals surface area contributed by atoms with Crippen molar-refractivity contribution in [3.8, 4) is 0 Å². The van der Waals surface area contributed by atoms with E-state index in [1.165, 1.54) is 14.2 Å². The van der Waals surface area contributed by atoms with Crippen LogP contribution in [0.4, 0.5) is 0 Å². The maximum Gasteiger partial charge on any atom is 0.368 e. The van der Waals surface area contributed by atoms with Crippen LogP contribution < -0.4 is 5.32 Å². The van der Waals surface area contributed by atoms with Gasteiger partial charge < -0.3 is 10.1 Å². The smallest absolute Gasteiger partial charge is 0.368 e. The van der Waals surface area contributed by atoms with Crippen LogP contribution in [0.3, 0.4) is 0 Å². The molecule has 0 aromatic heterocycles. The maximum absolute atomic E-state index is 12.9. The highest BCUT2D eigenvalue weighted by Gasteiger charge is 2.71. The van der Waals surface area contributed by atoms with Crippen LogP contribution in [0.25, 0.3) is 0 Å². The van der Waals surface area contributed by atoms with Gasteiger partial charge in [-0.25, -0.2) is 4.79 Å². The summed E-state index contributed by atoms with van der Waals surface area (Å²) in [6, 6.07) is 6.87. The van der Waals surface area contributed by atoms with Gasteiger partial charge in [-0.05, 0) is 24.1 Å². The zero-order chi connectivity index (χ0) is 19.1. The average Bonchev–Trinajstić information content (AvgIpc) is 3.10. The van der Waals surface area contributed by atoms with Crippen molar-refractivity contribution in [3.05, 3.63) is 34.9 Å². The first-order valence-electron chi connectivity index (χ1n) is 8.37. The number of carbonyl (C=O) groups excluding carboxylic acids is 3. The highest BCUT2D eigenvalue weighted by atomic mass is 35.5. The largest absolute Gasteiger partial charge is 0.464 e. The number of hydrogen-bond donors (Lipinski definition) is 1. The number of hydrogen-bond acceptors (Lipinski definition) is 5. The molecule has 2 saturated heterocycles. The first-order chi connectivity index (χ1) is 12.4. The van der Waals surface area contributed by atoms with Gasteiger partial charge in [-0.1, -0.05) is 23.7 Å². The van der Waals surface area contributed by atoms with E-state index in [1.54, 1.807) is 23.9 Å². The summed E-state index contributed by atoms with van der Waals surface area (Å²) in [7, 11) is 2.81. The Bertz CT molecular complexity index is 741. The van der Waals surface area contributed by atoms with E-state index < -0.39 is 23.3 Å². The van der Waals surface area contributed by atoms with E-state index in [0.29, 0.717) is 17.2 Å². The number of nitrogens with zero attached hydrogens (tertiary/aromatic N) is 1. The normalized spacial score (nSPS) is 30.6. The second-order valence-corrected chi connectivity index (χ2v) is 8.18. The minimum atomic E-state index is -1.09. The van der Waals surface area contributed by atoms with Gasteiger partial charge in [0.25, 0.3) is 0 Å². The van der Waals surface area contributed by atoms with Gasteiger partial charge in [-0.2, -0.15) is 11.8 Å². The van der Waals surface area contributed by atoms with Crippen molar-refractivity contribution in [2.45, 2.75) is 18.0 Å². The molecule has 0 aliphatic carbocycles. The SMILES string of the molecule is COC(=O)[C@]1(CCSC)[NH2+][C@@H](c2ccc(Cl)cc2)[C@H]2C(=O)N(C)C(=O)[C@@H]21. The quantitative estimate of drug-likeness (QED) is 0.588.